The van der Waals surface area contributed by atoms with E-state index in [9.17, 15) is 9.59 Å². The van der Waals surface area contributed by atoms with Crippen LogP contribution in [-0.4, -0.2) is 73.9 Å². The van der Waals surface area contributed by atoms with Crippen LogP contribution in [-0.2, 0) is 4.79 Å². The van der Waals surface area contributed by atoms with Gasteiger partial charge in [-0.15, -0.1) is 0 Å². The zero-order valence-corrected chi connectivity index (χ0v) is 24.2. The average Bonchev–Trinajstić information content (AvgIpc) is 3.64. The van der Waals surface area contributed by atoms with Crippen molar-refractivity contribution >= 4 is 34.5 Å². The number of nitrogens with two attached hydrogens (primary N) is 1. The minimum atomic E-state index is -0.231. The molecule has 216 valence electrons. The van der Waals surface area contributed by atoms with Gasteiger partial charge in [-0.05, 0) is 75.5 Å². The van der Waals surface area contributed by atoms with Crippen molar-refractivity contribution in [1.29, 1.82) is 0 Å². The Morgan fingerprint density at radius 3 is 2.62 bits per heavy atom. The van der Waals surface area contributed by atoms with Gasteiger partial charge in [-0.25, -0.2) is 15.0 Å². The van der Waals surface area contributed by atoms with Crippen LogP contribution in [0.2, 0.25) is 0 Å². The molecule has 3 N–H and O–H groups in total. The van der Waals surface area contributed by atoms with Crippen LogP contribution in [0.4, 0.5) is 11.6 Å². The second kappa shape index (κ2) is 11.4. The molecule has 4 aromatic rings. The van der Waals surface area contributed by atoms with E-state index in [4.69, 9.17) is 5.73 Å². The summed E-state index contributed by atoms with van der Waals surface area (Å²) < 4.78 is 2.20. The number of likely N-dealkylation sites (N-methyl/N-ethyl adjacent to an activating group) is 1. The van der Waals surface area contributed by atoms with Crippen LogP contribution in [0.5, 0.6) is 0 Å². The van der Waals surface area contributed by atoms with Crippen molar-refractivity contribution < 1.29 is 9.59 Å². The van der Waals surface area contributed by atoms with Gasteiger partial charge in [0, 0.05) is 54.8 Å². The lowest BCUT2D eigenvalue weighted by atomic mass is 10.0. The summed E-state index contributed by atoms with van der Waals surface area (Å²) in [5.41, 5.74) is 11.6. The Hall–Kier alpha value is -4.57. The molecule has 10 heteroatoms. The lowest BCUT2D eigenvalue weighted by Crippen LogP contribution is -2.28. The fraction of sp³-hybridized carbons (Fsp3) is 0.344. The van der Waals surface area contributed by atoms with E-state index in [1.807, 2.05) is 42.2 Å². The van der Waals surface area contributed by atoms with E-state index < -0.39 is 0 Å². The molecule has 1 unspecified atom stereocenters. The van der Waals surface area contributed by atoms with Crippen molar-refractivity contribution in [3.8, 4) is 11.1 Å². The number of benzene rings is 1. The molecule has 10 nitrogen and oxygen atoms in total. The third-order valence-corrected chi connectivity index (χ3v) is 8.31. The largest absolute Gasteiger partial charge is 0.383 e. The first-order valence-corrected chi connectivity index (χ1v) is 14.4. The first-order chi connectivity index (χ1) is 20.3. The minimum absolute atomic E-state index is 0.0416. The molecule has 2 fully saturated rings. The first kappa shape index (κ1) is 27.6. The number of nitrogens with zero attached hydrogens (tertiary/aromatic N) is 6. The Kier molecular flexibility index (Phi) is 7.47. The molecule has 1 saturated carbocycles. The van der Waals surface area contributed by atoms with Gasteiger partial charge in [0.25, 0.3) is 5.91 Å². The molecule has 2 amide bonds. The molecule has 0 radical (unpaired) electrons. The van der Waals surface area contributed by atoms with Gasteiger partial charge in [-0.3, -0.25) is 14.5 Å². The lowest BCUT2D eigenvalue weighted by molar-refractivity contribution is -0.125. The summed E-state index contributed by atoms with van der Waals surface area (Å²) >= 11 is 0. The number of aryl methyl sites for hydroxylation is 1. The number of fused-ring (bicyclic) bond motifs is 1. The van der Waals surface area contributed by atoms with Gasteiger partial charge in [-0.2, -0.15) is 0 Å². The number of aromatic nitrogens is 4. The highest BCUT2D eigenvalue weighted by atomic mass is 16.2. The molecular formula is C32H36N8O2. The van der Waals surface area contributed by atoms with Gasteiger partial charge in [-0.1, -0.05) is 18.2 Å². The third kappa shape index (κ3) is 5.49. The van der Waals surface area contributed by atoms with E-state index in [1.54, 1.807) is 24.4 Å². The van der Waals surface area contributed by atoms with Gasteiger partial charge in [0.15, 0.2) is 0 Å². The molecule has 1 aliphatic carbocycles. The molecule has 1 aromatic carbocycles. The molecule has 2 aliphatic rings. The number of hydrogen-bond acceptors (Lipinski definition) is 7. The fourth-order valence-corrected chi connectivity index (χ4v) is 5.90. The predicted molar refractivity (Wildman–Crippen MR) is 164 cm³/mol. The Balaban J connectivity index is 1.24. The van der Waals surface area contributed by atoms with E-state index in [1.165, 1.54) is 19.2 Å². The number of anilines is 2. The van der Waals surface area contributed by atoms with Crippen molar-refractivity contribution in [3.63, 3.8) is 0 Å². The monoisotopic (exact) mass is 564 g/mol. The van der Waals surface area contributed by atoms with Gasteiger partial charge >= 0.3 is 0 Å². The standard InChI is InChI=1S/C32H36N8O2/c1-20-12-14-34-26(17-20)37-32(42)23-8-6-22(7-9-23)28-21(2)40(31-29(28)30(33)35-19-36-31)25-13-16-39(18-25)27(41)5-4-15-38(3)24-10-11-24/h4-9,12,14,17,19,24-25H,10-11,13,15-16,18H2,1-3H3,(H2,33,35,36)(H,34,37,42). The summed E-state index contributed by atoms with van der Waals surface area (Å²) in [6.07, 6.45) is 10.2. The zero-order valence-electron chi connectivity index (χ0n) is 24.2. The number of carbonyl (C=O) groups excluding carboxylic acids is 2. The number of amides is 2. The maximum Gasteiger partial charge on any atom is 0.256 e. The Bertz CT molecular complexity index is 1670. The summed E-state index contributed by atoms with van der Waals surface area (Å²) in [5.74, 6) is 0.724. The first-order valence-electron chi connectivity index (χ1n) is 14.4. The van der Waals surface area contributed by atoms with E-state index in [0.717, 1.165) is 46.4 Å². The topological polar surface area (TPSA) is 122 Å². The molecule has 0 bridgehead atoms. The van der Waals surface area contributed by atoms with Crippen LogP contribution in [0.15, 0.2) is 61.1 Å². The van der Waals surface area contributed by atoms with E-state index >= 15 is 0 Å². The summed E-state index contributed by atoms with van der Waals surface area (Å²) in [7, 11) is 2.11. The van der Waals surface area contributed by atoms with E-state index in [-0.39, 0.29) is 17.9 Å². The highest BCUT2D eigenvalue weighted by Gasteiger charge is 2.31. The highest BCUT2D eigenvalue weighted by molar-refractivity contribution is 6.05. The van der Waals surface area contributed by atoms with Crippen LogP contribution in [0.1, 0.15) is 46.9 Å². The summed E-state index contributed by atoms with van der Waals surface area (Å²) in [6, 6.07) is 11.9. The number of likely N-dealkylation sites (tertiary alicyclic amines) is 1. The lowest BCUT2D eigenvalue weighted by Gasteiger charge is -2.18. The molecule has 3 aromatic heterocycles. The van der Waals surface area contributed by atoms with Gasteiger partial charge in [0.05, 0.1) is 11.4 Å². The molecule has 1 atom stereocenters. The van der Waals surface area contributed by atoms with Gasteiger partial charge in [0.1, 0.15) is 23.6 Å². The van der Waals surface area contributed by atoms with Crippen LogP contribution >= 0.6 is 0 Å². The second-order valence-corrected chi connectivity index (χ2v) is 11.3. The van der Waals surface area contributed by atoms with Crippen LogP contribution in [0, 0.1) is 13.8 Å². The second-order valence-electron chi connectivity index (χ2n) is 11.3. The molecule has 1 aliphatic heterocycles. The SMILES string of the molecule is Cc1ccnc(NC(=O)c2ccc(-c3c(C)n(C4CCN(C(=O)C=CCN(C)C5CC5)C4)c4ncnc(N)c34)cc2)c1. The van der Waals surface area contributed by atoms with Crippen LogP contribution < -0.4 is 11.1 Å². The molecular weight excluding hydrogens is 528 g/mol. The quantitative estimate of drug-likeness (QED) is 0.305. The number of carbonyl (C=O) groups is 2. The Morgan fingerprint density at radius 1 is 1.10 bits per heavy atom. The van der Waals surface area contributed by atoms with Gasteiger partial charge in [0.2, 0.25) is 5.91 Å². The number of hydrogen-bond donors (Lipinski definition) is 2. The number of pyridine rings is 1. The highest BCUT2D eigenvalue weighted by Crippen LogP contribution is 2.39. The van der Waals surface area contributed by atoms with Crippen LogP contribution in [0.25, 0.3) is 22.2 Å². The average molecular weight is 565 g/mol. The zero-order chi connectivity index (χ0) is 29.4. The van der Waals surface area contributed by atoms with Crippen LogP contribution in [0.3, 0.4) is 0 Å². The normalized spacial score (nSPS) is 17.0. The van der Waals surface area contributed by atoms with Crippen molar-refractivity contribution in [2.45, 2.75) is 45.2 Å². The van der Waals surface area contributed by atoms with Gasteiger partial charge < -0.3 is 20.5 Å². The van der Waals surface area contributed by atoms with Crippen molar-refractivity contribution in [2.24, 2.45) is 0 Å². The molecule has 6 rings (SSSR count). The summed E-state index contributed by atoms with van der Waals surface area (Å²) in [6.45, 7) is 6.08. The predicted octanol–water partition coefficient (Wildman–Crippen LogP) is 4.37. The summed E-state index contributed by atoms with van der Waals surface area (Å²) in [5, 5.41) is 3.64. The van der Waals surface area contributed by atoms with E-state index in [2.05, 4.69) is 43.7 Å². The molecule has 0 spiro atoms. The number of nitrogens with one attached hydrogen (secondary N) is 1. The molecule has 42 heavy (non-hydrogen) atoms. The van der Waals surface area contributed by atoms with Crippen molar-refractivity contribution in [1.82, 2.24) is 29.3 Å². The maximum atomic E-state index is 13.0. The summed E-state index contributed by atoms with van der Waals surface area (Å²) in [4.78, 5) is 43.2. The fourth-order valence-electron chi connectivity index (χ4n) is 5.90. The minimum Gasteiger partial charge on any atom is -0.383 e. The Morgan fingerprint density at radius 2 is 1.88 bits per heavy atom. The van der Waals surface area contributed by atoms with Crippen molar-refractivity contribution in [2.75, 3.05) is 37.7 Å². The maximum absolute atomic E-state index is 13.0. The number of rotatable bonds is 8. The molecule has 1 saturated heterocycles. The number of nitrogen functional groups attached to an aromatic ring is 1. The third-order valence-electron chi connectivity index (χ3n) is 8.31. The van der Waals surface area contributed by atoms with E-state index in [0.29, 0.717) is 36.3 Å². The smallest absolute Gasteiger partial charge is 0.256 e. The molecule has 4 heterocycles. The Labute approximate surface area is 245 Å². The van der Waals surface area contributed by atoms with Crippen molar-refractivity contribution in [3.05, 3.63) is 77.9 Å².